The van der Waals surface area contributed by atoms with E-state index in [1.54, 1.807) is 0 Å². The maximum absolute atomic E-state index is 12.8. The van der Waals surface area contributed by atoms with Gasteiger partial charge < -0.3 is 15.5 Å². The van der Waals surface area contributed by atoms with Crippen molar-refractivity contribution in [3.05, 3.63) is 35.9 Å². The molecule has 6 nitrogen and oxygen atoms in total. The number of amides is 2. The van der Waals surface area contributed by atoms with Gasteiger partial charge in [0.2, 0.25) is 11.8 Å². The molecule has 1 aliphatic rings. The summed E-state index contributed by atoms with van der Waals surface area (Å²) < 4.78 is 0. The van der Waals surface area contributed by atoms with Crippen molar-refractivity contribution in [3.8, 4) is 0 Å². The van der Waals surface area contributed by atoms with Gasteiger partial charge in [-0.25, -0.2) is 0 Å². The fourth-order valence-electron chi connectivity index (χ4n) is 3.32. The summed E-state index contributed by atoms with van der Waals surface area (Å²) in [7, 11) is 0. The molecule has 0 spiro atoms. The largest absolute Gasteiger partial charge is 0.339 e. The van der Waals surface area contributed by atoms with E-state index in [0.29, 0.717) is 32.7 Å². The second-order valence-corrected chi connectivity index (χ2v) is 6.89. The molecule has 0 aromatic heterocycles. The quantitative estimate of drug-likeness (QED) is 0.797. The minimum absolute atomic E-state index is 0.0668. The number of rotatable bonds is 7. The summed E-state index contributed by atoms with van der Waals surface area (Å²) >= 11 is 0. The molecule has 1 aromatic carbocycles. The molecule has 2 atom stereocenters. The zero-order valence-electron chi connectivity index (χ0n) is 16.2. The lowest BCUT2D eigenvalue weighted by atomic mass is 9.94. The highest BCUT2D eigenvalue weighted by Gasteiger charge is 2.30. The van der Waals surface area contributed by atoms with Gasteiger partial charge >= 0.3 is 0 Å². The first-order valence-corrected chi connectivity index (χ1v) is 9.57. The Balaban J connectivity index is 1.86. The molecule has 1 heterocycles. The van der Waals surface area contributed by atoms with Crippen LogP contribution in [0.5, 0.6) is 0 Å². The van der Waals surface area contributed by atoms with Crippen LogP contribution in [0.2, 0.25) is 0 Å². The summed E-state index contributed by atoms with van der Waals surface area (Å²) in [4.78, 5) is 31.0. The van der Waals surface area contributed by atoms with Crippen LogP contribution in [0.25, 0.3) is 0 Å². The van der Waals surface area contributed by atoms with Crippen molar-refractivity contribution >= 4 is 11.8 Å². The molecule has 1 saturated heterocycles. The molecule has 0 radical (unpaired) electrons. The first-order chi connectivity index (χ1) is 12.5. The van der Waals surface area contributed by atoms with Crippen LogP contribution in [0.15, 0.2) is 30.3 Å². The maximum atomic E-state index is 12.8. The highest BCUT2D eigenvalue weighted by molar-refractivity contribution is 5.81. The smallest absolute Gasteiger partial charge is 0.236 e. The van der Waals surface area contributed by atoms with Crippen LogP contribution < -0.4 is 5.73 Å². The minimum atomic E-state index is -0.314. The molecule has 1 aliphatic heterocycles. The normalized spacial score (nSPS) is 17.3. The monoisotopic (exact) mass is 360 g/mol. The number of nitrogens with zero attached hydrogens (tertiary/aromatic N) is 3. The third-order valence-electron chi connectivity index (χ3n) is 5.31. The first kappa shape index (κ1) is 20.4. The average molecular weight is 361 g/mol. The van der Waals surface area contributed by atoms with Crippen molar-refractivity contribution in [2.75, 3.05) is 45.8 Å². The molecule has 0 saturated carbocycles. The van der Waals surface area contributed by atoms with Gasteiger partial charge in [0.05, 0.1) is 12.5 Å². The number of likely N-dealkylation sites (N-methyl/N-ethyl adjacent to an activating group) is 1. The Morgan fingerprint density at radius 3 is 2.12 bits per heavy atom. The Labute approximate surface area is 156 Å². The number of nitrogens with two attached hydrogens (primary N) is 1. The van der Waals surface area contributed by atoms with E-state index in [2.05, 4.69) is 18.7 Å². The summed E-state index contributed by atoms with van der Waals surface area (Å²) in [5.74, 6) is -0.0673. The summed E-state index contributed by atoms with van der Waals surface area (Å²) in [6.45, 7) is 10.6. The average Bonchev–Trinajstić information content (AvgIpc) is 2.70. The van der Waals surface area contributed by atoms with Crippen molar-refractivity contribution in [1.29, 1.82) is 0 Å². The molecule has 0 bridgehead atoms. The Bertz CT molecular complexity index is 581. The van der Waals surface area contributed by atoms with Gasteiger partial charge in [-0.1, -0.05) is 51.1 Å². The zero-order chi connectivity index (χ0) is 19.1. The maximum Gasteiger partial charge on any atom is 0.236 e. The second-order valence-electron chi connectivity index (χ2n) is 6.89. The molecule has 1 aromatic rings. The van der Waals surface area contributed by atoms with Crippen LogP contribution in [0.3, 0.4) is 0 Å². The van der Waals surface area contributed by atoms with E-state index in [0.717, 1.165) is 18.7 Å². The fourth-order valence-corrected chi connectivity index (χ4v) is 3.32. The predicted molar refractivity (Wildman–Crippen MR) is 103 cm³/mol. The zero-order valence-corrected chi connectivity index (χ0v) is 16.2. The van der Waals surface area contributed by atoms with Crippen molar-refractivity contribution in [1.82, 2.24) is 14.7 Å². The molecule has 144 valence electrons. The predicted octanol–water partition coefficient (Wildman–Crippen LogP) is 1.34. The number of carbonyl (C=O) groups excluding carboxylic acids is 2. The SMILES string of the molecule is CCN(CC)CC(=O)N1CCN(C(=O)C(C)C(N)c2ccccc2)CC1. The summed E-state index contributed by atoms with van der Waals surface area (Å²) in [6.07, 6.45) is 0. The lowest BCUT2D eigenvalue weighted by Gasteiger charge is -2.37. The van der Waals surface area contributed by atoms with Crippen molar-refractivity contribution in [2.24, 2.45) is 11.7 Å². The van der Waals surface area contributed by atoms with E-state index in [4.69, 9.17) is 5.73 Å². The van der Waals surface area contributed by atoms with Crippen LogP contribution in [0.4, 0.5) is 0 Å². The van der Waals surface area contributed by atoms with Crippen molar-refractivity contribution in [2.45, 2.75) is 26.8 Å². The fraction of sp³-hybridized carbons (Fsp3) is 0.600. The van der Waals surface area contributed by atoms with Gasteiger partial charge in [0, 0.05) is 32.2 Å². The van der Waals surface area contributed by atoms with Crippen LogP contribution in [0.1, 0.15) is 32.4 Å². The Morgan fingerprint density at radius 2 is 1.58 bits per heavy atom. The summed E-state index contributed by atoms with van der Waals surface area (Å²) in [5.41, 5.74) is 7.26. The van der Waals surface area contributed by atoms with Gasteiger partial charge in [-0.2, -0.15) is 0 Å². The van der Waals surface area contributed by atoms with Crippen LogP contribution in [-0.2, 0) is 9.59 Å². The number of carbonyl (C=O) groups is 2. The topological polar surface area (TPSA) is 69.9 Å². The van der Waals surface area contributed by atoms with Crippen LogP contribution >= 0.6 is 0 Å². The molecule has 1 fully saturated rings. The van der Waals surface area contributed by atoms with Gasteiger partial charge in [0.1, 0.15) is 0 Å². The van der Waals surface area contributed by atoms with E-state index in [9.17, 15) is 9.59 Å². The molecule has 0 aliphatic carbocycles. The van der Waals surface area contributed by atoms with E-state index in [-0.39, 0.29) is 23.8 Å². The molecule has 6 heteroatoms. The molecule has 2 N–H and O–H groups in total. The molecule has 26 heavy (non-hydrogen) atoms. The highest BCUT2D eigenvalue weighted by atomic mass is 16.2. The van der Waals surface area contributed by atoms with E-state index >= 15 is 0 Å². The van der Waals surface area contributed by atoms with E-state index < -0.39 is 0 Å². The lowest BCUT2D eigenvalue weighted by Crippen LogP contribution is -2.54. The lowest BCUT2D eigenvalue weighted by molar-refractivity contribution is -0.142. The Kier molecular flexibility index (Phi) is 7.60. The number of benzene rings is 1. The number of hydrogen-bond donors (Lipinski definition) is 1. The van der Waals surface area contributed by atoms with E-state index in [1.165, 1.54) is 0 Å². The van der Waals surface area contributed by atoms with Gasteiger partial charge in [-0.3, -0.25) is 14.5 Å². The van der Waals surface area contributed by atoms with E-state index in [1.807, 2.05) is 47.1 Å². The third kappa shape index (κ3) is 5.05. The van der Waals surface area contributed by atoms with Crippen LogP contribution in [0, 0.1) is 5.92 Å². The Morgan fingerprint density at radius 1 is 1.04 bits per heavy atom. The standard InChI is InChI=1S/C20H32N4O2/c1-4-22(5-2)15-18(25)23-11-13-24(14-12-23)20(26)16(3)19(21)17-9-7-6-8-10-17/h6-10,16,19H,4-5,11-15,21H2,1-3H3. The third-order valence-corrected chi connectivity index (χ3v) is 5.31. The van der Waals surface area contributed by atoms with Crippen molar-refractivity contribution < 1.29 is 9.59 Å². The van der Waals surface area contributed by atoms with Gasteiger partial charge in [-0.05, 0) is 18.7 Å². The minimum Gasteiger partial charge on any atom is -0.339 e. The number of hydrogen-bond acceptors (Lipinski definition) is 4. The van der Waals surface area contributed by atoms with Gasteiger partial charge in [0.15, 0.2) is 0 Å². The first-order valence-electron chi connectivity index (χ1n) is 9.57. The highest BCUT2D eigenvalue weighted by Crippen LogP contribution is 2.21. The van der Waals surface area contributed by atoms with Gasteiger partial charge in [0.25, 0.3) is 0 Å². The number of piperazine rings is 1. The van der Waals surface area contributed by atoms with Gasteiger partial charge in [-0.15, -0.1) is 0 Å². The summed E-state index contributed by atoms with van der Waals surface area (Å²) in [6, 6.07) is 9.42. The molecule has 2 unspecified atom stereocenters. The molecular weight excluding hydrogens is 328 g/mol. The Hall–Kier alpha value is -1.92. The van der Waals surface area contributed by atoms with Crippen molar-refractivity contribution in [3.63, 3.8) is 0 Å². The molecular formula is C20H32N4O2. The van der Waals surface area contributed by atoms with Crippen LogP contribution in [-0.4, -0.2) is 72.3 Å². The second kappa shape index (κ2) is 9.69. The molecule has 2 rings (SSSR count). The summed E-state index contributed by atoms with van der Waals surface area (Å²) in [5, 5.41) is 0. The molecule has 2 amide bonds.